The summed E-state index contributed by atoms with van der Waals surface area (Å²) in [5, 5.41) is 24.3. The van der Waals surface area contributed by atoms with E-state index in [-0.39, 0.29) is 12.1 Å². The van der Waals surface area contributed by atoms with Crippen molar-refractivity contribution in [1.82, 2.24) is 10.2 Å². The molecule has 2 aromatic carbocycles. The molecule has 0 saturated heterocycles. The minimum absolute atomic E-state index is 0.134. The molecule has 0 spiro atoms. The van der Waals surface area contributed by atoms with Crippen LogP contribution in [-0.2, 0) is 0 Å². The summed E-state index contributed by atoms with van der Waals surface area (Å²) in [7, 11) is 0. The number of fused-ring (bicyclic) bond motifs is 1. The molecule has 3 aromatic rings. The number of aliphatic hydroxyl groups excluding tert-OH is 1. The minimum Gasteiger partial charge on any atom is -0.393 e. The number of aliphatic hydroxyl groups is 1. The largest absolute Gasteiger partial charge is 0.393 e. The molecule has 1 aliphatic rings. The van der Waals surface area contributed by atoms with E-state index in [0.717, 1.165) is 35.1 Å². The van der Waals surface area contributed by atoms with E-state index in [4.69, 9.17) is 0 Å². The normalized spacial score (nSPS) is 21.2. The smallest absolute Gasteiger partial charge is 0.157 e. The molecule has 1 aliphatic carbocycles. The first-order valence-corrected chi connectivity index (χ1v) is 8.44. The van der Waals surface area contributed by atoms with Gasteiger partial charge >= 0.3 is 0 Å². The summed E-state index contributed by atoms with van der Waals surface area (Å²) < 4.78 is 0. The van der Waals surface area contributed by atoms with Crippen LogP contribution in [0.4, 0.5) is 5.82 Å². The highest BCUT2D eigenvalue weighted by atomic mass is 16.3. The Hall–Kier alpha value is -2.46. The van der Waals surface area contributed by atoms with Crippen LogP contribution < -0.4 is 5.32 Å². The topological polar surface area (TPSA) is 58.0 Å². The third kappa shape index (κ3) is 2.74. The molecule has 122 valence electrons. The zero-order valence-electron chi connectivity index (χ0n) is 13.7. The molecule has 0 bridgehead atoms. The summed E-state index contributed by atoms with van der Waals surface area (Å²) in [6.07, 6.45) is 1.47. The van der Waals surface area contributed by atoms with E-state index in [1.54, 1.807) is 0 Å². The number of hydrogen-bond donors (Lipinski definition) is 2. The Morgan fingerprint density at radius 1 is 0.958 bits per heavy atom. The van der Waals surface area contributed by atoms with Crippen LogP contribution in [0.15, 0.2) is 54.6 Å². The lowest BCUT2D eigenvalue weighted by molar-refractivity contribution is 0.0339. The average Bonchev–Trinajstić information content (AvgIpc) is 2.60. The fourth-order valence-corrected chi connectivity index (χ4v) is 3.53. The van der Waals surface area contributed by atoms with Gasteiger partial charge in [0.05, 0.1) is 17.8 Å². The maximum absolute atomic E-state index is 9.73. The molecule has 1 fully saturated rings. The zero-order valence-corrected chi connectivity index (χ0v) is 13.7. The van der Waals surface area contributed by atoms with Gasteiger partial charge in [0.2, 0.25) is 0 Å². The molecule has 4 rings (SSSR count). The zero-order chi connectivity index (χ0) is 16.5. The van der Waals surface area contributed by atoms with Crippen molar-refractivity contribution in [2.75, 3.05) is 5.32 Å². The van der Waals surface area contributed by atoms with E-state index < -0.39 is 0 Å². The predicted molar refractivity (Wildman–Crippen MR) is 95.8 cm³/mol. The number of aromatic nitrogens is 2. The van der Waals surface area contributed by atoms with Crippen LogP contribution >= 0.6 is 0 Å². The van der Waals surface area contributed by atoms with Gasteiger partial charge in [0.1, 0.15) is 0 Å². The highest BCUT2D eigenvalue weighted by molar-refractivity contribution is 5.93. The summed E-state index contributed by atoms with van der Waals surface area (Å²) in [5.41, 5.74) is 2.16. The molecule has 0 aliphatic heterocycles. The Morgan fingerprint density at radius 3 is 2.33 bits per heavy atom. The number of nitrogens with zero attached hydrogens (tertiary/aromatic N) is 2. The summed E-state index contributed by atoms with van der Waals surface area (Å²) in [4.78, 5) is 0. The molecular weight excluding hydrogens is 298 g/mol. The number of benzene rings is 2. The molecule has 1 unspecified atom stereocenters. The van der Waals surface area contributed by atoms with E-state index >= 15 is 0 Å². The van der Waals surface area contributed by atoms with Gasteiger partial charge in [-0.1, -0.05) is 54.6 Å². The van der Waals surface area contributed by atoms with Crippen molar-refractivity contribution in [3.05, 3.63) is 65.9 Å². The third-order valence-electron chi connectivity index (χ3n) is 4.94. The van der Waals surface area contributed by atoms with Gasteiger partial charge in [0.15, 0.2) is 5.82 Å². The van der Waals surface area contributed by atoms with Crippen molar-refractivity contribution in [3.8, 4) is 0 Å². The molecule has 24 heavy (non-hydrogen) atoms. The molecular formula is C20H21N3O. The lowest BCUT2D eigenvalue weighted by Gasteiger charge is -2.38. The maximum atomic E-state index is 9.73. The Balaban J connectivity index is 1.72. The van der Waals surface area contributed by atoms with Crippen LogP contribution in [-0.4, -0.2) is 21.4 Å². The van der Waals surface area contributed by atoms with E-state index in [0.29, 0.717) is 5.92 Å². The second kappa shape index (κ2) is 6.21. The first-order chi connectivity index (χ1) is 11.7. The molecule has 4 nitrogen and oxygen atoms in total. The predicted octanol–water partition coefficient (Wildman–Crippen LogP) is 3.86. The van der Waals surface area contributed by atoms with Crippen LogP contribution in [0.5, 0.6) is 0 Å². The van der Waals surface area contributed by atoms with E-state index in [2.05, 4.69) is 51.9 Å². The van der Waals surface area contributed by atoms with Crippen molar-refractivity contribution in [2.45, 2.75) is 31.9 Å². The second-order valence-electron chi connectivity index (χ2n) is 6.60. The Bertz CT molecular complexity index is 844. The van der Waals surface area contributed by atoms with Gasteiger partial charge in [-0.3, -0.25) is 0 Å². The second-order valence-corrected chi connectivity index (χ2v) is 6.60. The first-order valence-electron chi connectivity index (χ1n) is 8.44. The quantitative estimate of drug-likeness (QED) is 0.766. The molecule has 0 amide bonds. The standard InChI is InChI=1S/C20H21N3O/c1-13-17-9-5-6-10-18(17)20(23-22-13)21-19(15-11-16(24)12-15)14-7-3-2-4-8-14/h2-10,15-16,19,24H,11-12H2,1H3,(H,21,23). The molecule has 2 N–H and O–H groups in total. The van der Waals surface area contributed by atoms with Gasteiger partial charge in [0, 0.05) is 10.8 Å². The third-order valence-corrected chi connectivity index (χ3v) is 4.94. The summed E-state index contributed by atoms with van der Waals surface area (Å²) >= 11 is 0. The van der Waals surface area contributed by atoms with Crippen LogP contribution in [0, 0.1) is 12.8 Å². The van der Waals surface area contributed by atoms with E-state index in [1.165, 1.54) is 5.56 Å². The van der Waals surface area contributed by atoms with Gasteiger partial charge in [0.25, 0.3) is 0 Å². The van der Waals surface area contributed by atoms with E-state index in [9.17, 15) is 5.11 Å². The van der Waals surface area contributed by atoms with Crippen molar-refractivity contribution in [1.29, 1.82) is 0 Å². The van der Waals surface area contributed by atoms with E-state index in [1.807, 2.05) is 25.1 Å². The summed E-state index contributed by atoms with van der Waals surface area (Å²) in [6, 6.07) is 18.7. The summed E-state index contributed by atoms with van der Waals surface area (Å²) in [5.74, 6) is 1.22. The highest BCUT2D eigenvalue weighted by Gasteiger charge is 2.35. The Labute approximate surface area is 141 Å². The SMILES string of the molecule is Cc1nnc(NC(c2ccccc2)C2CC(O)C2)c2ccccc12. The van der Waals surface area contributed by atoms with Crippen molar-refractivity contribution < 1.29 is 5.11 Å². The fraction of sp³-hybridized carbons (Fsp3) is 0.300. The van der Waals surface area contributed by atoms with Crippen molar-refractivity contribution >= 4 is 16.6 Å². The van der Waals surface area contributed by atoms with Crippen molar-refractivity contribution in [2.24, 2.45) is 5.92 Å². The van der Waals surface area contributed by atoms with Gasteiger partial charge in [-0.25, -0.2) is 0 Å². The monoisotopic (exact) mass is 319 g/mol. The molecule has 4 heteroatoms. The van der Waals surface area contributed by atoms with Gasteiger partial charge in [-0.15, -0.1) is 5.10 Å². The fourth-order valence-electron chi connectivity index (χ4n) is 3.53. The molecule has 0 radical (unpaired) electrons. The van der Waals surface area contributed by atoms with Crippen LogP contribution in [0.3, 0.4) is 0 Å². The first kappa shape index (κ1) is 15.1. The van der Waals surface area contributed by atoms with Gasteiger partial charge in [-0.05, 0) is 31.2 Å². The number of aryl methyl sites for hydroxylation is 1. The number of hydrogen-bond acceptors (Lipinski definition) is 4. The van der Waals surface area contributed by atoms with Crippen LogP contribution in [0.2, 0.25) is 0 Å². The summed E-state index contributed by atoms with van der Waals surface area (Å²) in [6.45, 7) is 1.98. The maximum Gasteiger partial charge on any atom is 0.157 e. The van der Waals surface area contributed by atoms with Crippen molar-refractivity contribution in [3.63, 3.8) is 0 Å². The average molecular weight is 319 g/mol. The molecule has 1 aromatic heterocycles. The number of nitrogens with one attached hydrogen (secondary N) is 1. The molecule has 1 saturated carbocycles. The Morgan fingerprint density at radius 2 is 1.62 bits per heavy atom. The minimum atomic E-state index is -0.177. The van der Waals surface area contributed by atoms with Crippen LogP contribution in [0.25, 0.3) is 10.8 Å². The number of anilines is 1. The lowest BCUT2D eigenvalue weighted by Crippen LogP contribution is -2.36. The Kier molecular flexibility index (Phi) is 3.90. The van der Waals surface area contributed by atoms with Gasteiger partial charge < -0.3 is 10.4 Å². The molecule has 1 heterocycles. The van der Waals surface area contributed by atoms with Crippen LogP contribution in [0.1, 0.15) is 30.1 Å². The molecule has 1 atom stereocenters. The number of rotatable bonds is 4. The lowest BCUT2D eigenvalue weighted by atomic mass is 9.75. The highest BCUT2D eigenvalue weighted by Crippen LogP contribution is 2.40. The van der Waals surface area contributed by atoms with Gasteiger partial charge in [-0.2, -0.15) is 5.10 Å².